The van der Waals surface area contributed by atoms with Crippen LogP contribution >= 0.6 is 11.6 Å². The Morgan fingerprint density at radius 1 is 1.33 bits per heavy atom. The van der Waals surface area contributed by atoms with E-state index in [1.807, 2.05) is 6.92 Å². The number of carbonyl (C=O) groups excluding carboxylic acids is 1. The number of rotatable bonds is 2. The maximum absolute atomic E-state index is 12.8. The summed E-state index contributed by atoms with van der Waals surface area (Å²) in [5, 5.41) is 2.75. The molecular formula is C13H10ClFN2O. The van der Waals surface area contributed by atoms with Crippen molar-refractivity contribution in [2.24, 2.45) is 0 Å². The summed E-state index contributed by atoms with van der Waals surface area (Å²) in [6.07, 6.45) is 1.47. The number of benzene rings is 1. The molecule has 2 aromatic rings. The molecule has 0 atom stereocenters. The Balaban J connectivity index is 2.18. The first kappa shape index (κ1) is 12.5. The van der Waals surface area contributed by atoms with Crippen LogP contribution in [0.3, 0.4) is 0 Å². The van der Waals surface area contributed by atoms with E-state index in [4.69, 9.17) is 11.6 Å². The third-order valence-electron chi connectivity index (χ3n) is 2.35. The van der Waals surface area contributed by atoms with Crippen molar-refractivity contribution in [1.29, 1.82) is 0 Å². The predicted molar refractivity (Wildman–Crippen MR) is 68.3 cm³/mol. The second-order valence-electron chi connectivity index (χ2n) is 3.77. The number of hydrogen-bond donors (Lipinski definition) is 1. The van der Waals surface area contributed by atoms with E-state index in [0.717, 1.165) is 11.8 Å². The maximum atomic E-state index is 12.8. The number of nitrogens with one attached hydrogen (secondary N) is 1. The van der Waals surface area contributed by atoms with Crippen LogP contribution in [0.15, 0.2) is 36.5 Å². The second kappa shape index (κ2) is 5.14. The Bertz CT molecular complexity index is 584. The van der Waals surface area contributed by atoms with E-state index < -0.39 is 5.82 Å². The number of anilines is 1. The van der Waals surface area contributed by atoms with E-state index in [-0.39, 0.29) is 10.9 Å². The molecule has 0 fully saturated rings. The van der Waals surface area contributed by atoms with Gasteiger partial charge in [0, 0.05) is 11.9 Å². The van der Waals surface area contributed by atoms with Crippen molar-refractivity contribution in [1.82, 2.24) is 4.98 Å². The van der Waals surface area contributed by atoms with Gasteiger partial charge in [-0.1, -0.05) is 11.6 Å². The SMILES string of the molecule is Cc1ccc(C(=O)Nc2ccc(F)cc2Cl)cn1. The molecule has 1 amide bonds. The lowest BCUT2D eigenvalue weighted by Crippen LogP contribution is -2.12. The summed E-state index contributed by atoms with van der Waals surface area (Å²) in [4.78, 5) is 15.9. The minimum absolute atomic E-state index is 0.156. The quantitative estimate of drug-likeness (QED) is 0.903. The molecule has 0 saturated carbocycles. The Morgan fingerprint density at radius 3 is 2.72 bits per heavy atom. The van der Waals surface area contributed by atoms with Crippen molar-refractivity contribution in [3.05, 3.63) is 58.6 Å². The lowest BCUT2D eigenvalue weighted by atomic mass is 10.2. The smallest absolute Gasteiger partial charge is 0.257 e. The number of carbonyl (C=O) groups is 1. The van der Waals surface area contributed by atoms with Gasteiger partial charge in [0.2, 0.25) is 0 Å². The van der Waals surface area contributed by atoms with Gasteiger partial charge in [-0.05, 0) is 37.3 Å². The molecule has 1 N–H and O–H groups in total. The van der Waals surface area contributed by atoms with Crippen molar-refractivity contribution in [3.63, 3.8) is 0 Å². The van der Waals surface area contributed by atoms with Crippen LogP contribution in [0.4, 0.5) is 10.1 Å². The van der Waals surface area contributed by atoms with E-state index in [1.165, 1.54) is 18.3 Å². The van der Waals surface area contributed by atoms with Crippen LogP contribution in [0.2, 0.25) is 5.02 Å². The first-order valence-corrected chi connectivity index (χ1v) is 5.63. The first-order valence-electron chi connectivity index (χ1n) is 5.25. The van der Waals surface area contributed by atoms with Gasteiger partial charge in [0.15, 0.2) is 0 Å². The van der Waals surface area contributed by atoms with Crippen LogP contribution in [-0.4, -0.2) is 10.9 Å². The summed E-state index contributed by atoms with van der Waals surface area (Å²) in [6, 6.07) is 7.19. The highest BCUT2D eigenvalue weighted by atomic mass is 35.5. The van der Waals surface area contributed by atoms with Crippen molar-refractivity contribution in [2.75, 3.05) is 5.32 Å². The van der Waals surface area contributed by atoms with Gasteiger partial charge in [0.25, 0.3) is 5.91 Å². The van der Waals surface area contributed by atoms with Gasteiger partial charge in [-0.25, -0.2) is 4.39 Å². The molecule has 0 radical (unpaired) electrons. The van der Waals surface area contributed by atoms with Gasteiger partial charge in [0.05, 0.1) is 16.3 Å². The zero-order valence-electron chi connectivity index (χ0n) is 9.58. The fraction of sp³-hybridized carbons (Fsp3) is 0.0769. The van der Waals surface area contributed by atoms with E-state index in [0.29, 0.717) is 11.3 Å². The molecule has 0 saturated heterocycles. The molecule has 92 valence electrons. The molecule has 1 heterocycles. The normalized spacial score (nSPS) is 10.2. The molecule has 1 aromatic carbocycles. The molecule has 0 spiro atoms. The number of aromatic nitrogens is 1. The fourth-order valence-corrected chi connectivity index (χ4v) is 1.60. The average molecular weight is 265 g/mol. The summed E-state index contributed by atoms with van der Waals surface area (Å²) >= 11 is 5.82. The number of halogens is 2. The Morgan fingerprint density at radius 2 is 2.11 bits per heavy atom. The highest BCUT2D eigenvalue weighted by Crippen LogP contribution is 2.22. The monoisotopic (exact) mass is 264 g/mol. The number of amides is 1. The van der Waals surface area contributed by atoms with Gasteiger partial charge in [-0.2, -0.15) is 0 Å². The molecular weight excluding hydrogens is 255 g/mol. The molecule has 18 heavy (non-hydrogen) atoms. The first-order chi connectivity index (χ1) is 8.56. The minimum atomic E-state index is -0.449. The van der Waals surface area contributed by atoms with Gasteiger partial charge >= 0.3 is 0 Å². The molecule has 5 heteroatoms. The van der Waals surface area contributed by atoms with E-state index in [9.17, 15) is 9.18 Å². The van der Waals surface area contributed by atoms with Crippen LogP contribution in [-0.2, 0) is 0 Å². The van der Waals surface area contributed by atoms with Crippen molar-refractivity contribution in [2.45, 2.75) is 6.92 Å². The number of hydrogen-bond acceptors (Lipinski definition) is 2. The van der Waals surface area contributed by atoms with Gasteiger partial charge in [-0.15, -0.1) is 0 Å². The molecule has 3 nitrogen and oxygen atoms in total. The Hall–Kier alpha value is -1.94. The predicted octanol–water partition coefficient (Wildman–Crippen LogP) is 3.43. The molecule has 0 unspecified atom stereocenters. The lowest BCUT2D eigenvalue weighted by molar-refractivity contribution is 0.102. The Labute approximate surface area is 109 Å². The van der Waals surface area contributed by atoms with Gasteiger partial charge < -0.3 is 5.32 Å². The molecule has 0 bridgehead atoms. The van der Waals surface area contributed by atoms with Gasteiger partial charge in [0.1, 0.15) is 5.82 Å². The summed E-state index contributed by atoms with van der Waals surface area (Å²) in [5.41, 5.74) is 1.61. The second-order valence-corrected chi connectivity index (χ2v) is 4.17. The fourth-order valence-electron chi connectivity index (χ4n) is 1.39. The zero-order chi connectivity index (χ0) is 13.1. The molecule has 0 aliphatic carbocycles. The van der Waals surface area contributed by atoms with E-state index >= 15 is 0 Å². The van der Waals surface area contributed by atoms with E-state index in [2.05, 4.69) is 10.3 Å². The number of nitrogens with zero attached hydrogens (tertiary/aromatic N) is 1. The maximum Gasteiger partial charge on any atom is 0.257 e. The summed E-state index contributed by atoms with van der Waals surface area (Å²) < 4.78 is 12.8. The van der Waals surface area contributed by atoms with Crippen LogP contribution in [0.25, 0.3) is 0 Å². The largest absolute Gasteiger partial charge is 0.321 e. The Kier molecular flexibility index (Phi) is 3.58. The summed E-state index contributed by atoms with van der Waals surface area (Å²) in [5.74, 6) is -0.786. The standard InChI is InChI=1S/C13H10ClFN2O/c1-8-2-3-9(7-16-8)13(18)17-12-5-4-10(15)6-11(12)14/h2-7H,1H3,(H,17,18). The summed E-state index contributed by atoms with van der Waals surface area (Å²) in [7, 11) is 0. The lowest BCUT2D eigenvalue weighted by Gasteiger charge is -2.07. The van der Waals surface area contributed by atoms with Crippen molar-refractivity contribution >= 4 is 23.2 Å². The van der Waals surface area contributed by atoms with Crippen molar-refractivity contribution in [3.8, 4) is 0 Å². The number of aryl methyl sites for hydroxylation is 1. The van der Waals surface area contributed by atoms with Crippen LogP contribution in [0, 0.1) is 12.7 Å². The van der Waals surface area contributed by atoms with Crippen molar-refractivity contribution < 1.29 is 9.18 Å². The number of pyridine rings is 1. The van der Waals surface area contributed by atoms with E-state index in [1.54, 1.807) is 12.1 Å². The van der Waals surface area contributed by atoms with Gasteiger partial charge in [-0.3, -0.25) is 9.78 Å². The molecule has 2 rings (SSSR count). The average Bonchev–Trinajstić information content (AvgIpc) is 2.33. The highest BCUT2D eigenvalue weighted by Gasteiger charge is 2.09. The molecule has 0 aliphatic heterocycles. The highest BCUT2D eigenvalue weighted by molar-refractivity contribution is 6.33. The van der Waals surface area contributed by atoms with Crippen LogP contribution < -0.4 is 5.32 Å². The third-order valence-corrected chi connectivity index (χ3v) is 2.67. The zero-order valence-corrected chi connectivity index (χ0v) is 10.3. The summed E-state index contributed by atoms with van der Waals surface area (Å²) in [6.45, 7) is 1.83. The van der Waals surface area contributed by atoms with Crippen LogP contribution in [0.1, 0.15) is 16.1 Å². The molecule has 0 aliphatic rings. The van der Waals surface area contributed by atoms with Crippen LogP contribution in [0.5, 0.6) is 0 Å². The third kappa shape index (κ3) is 2.84. The topological polar surface area (TPSA) is 42.0 Å². The minimum Gasteiger partial charge on any atom is -0.321 e. The molecule has 1 aromatic heterocycles.